The molecule has 1 fully saturated rings. The molecule has 2 aromatic carbocycles. The Morgan fingerprint density at radius 3 is 2.19 bits per heavy atom. The zero-order chi connectivity index (χ0) is 22.6. The van der Waals surface area contributed by atoms with Gasteiger partial charge in [-0.2, -0.15) is 13.2 Å². The third kappa shape index (κ3) is 3.54. The Labute approximate surface area is 177 Å². The molecule has 1 amide bonds. The monoisotopic (exact) mass is 453 g/mol. The Balaban J connectivity index is 1.94. The van der Waals surface area contributed by atoms with Gasteiger partial charge in [-0.3, -0.25) is 4.79 Å². The van der Waals surface area contributed by atoms with Crippen LogP contribution in [-0.4, -0.2) is 43.0 Å². The van der Waals surface area contributed by atoms with Crippen molar-refractivity contribution in [2.75, 3.05) is 16.8 Å². The number of anilines is 1. The summed E-state index contributed by atoms with van der Waals surface area (Å²) in [5.74, 6) is -1.52. The zero-order valence-electron chi connectivity index (χ0n) is 16.2. The van der Waals surface area contributed by atoms with Crippen LogP contribution in [0, 0.1) is 5.92 Å². The molecule has 4 rings (SSSR count). The van der Waals surface area contributed by atoms with Crippen molar-refractivity contribution in [3.05, 3.63) is 59.2 Å². The summed E-state index contributed by atoms with van der Waals surface area (Å²) in [6.07, 6.45) is -4.44. The molecule has 6 nitrogen and oxygen atoms in total. The number of alkyl halides is 3. The van der Waals surface area contributed by atoms with Crippen LogP contribution in [0.25, 0.3) is 0 Å². The van der Waals surface area contributed by atoms with E-state index in [0.29, 0.717) is 5.56 Å². The fraction of sp³-hybridized carbons (Fsp3) is 0.350. The molecule has 2 heterocycles. The molecule has 1 atom stereocenters. The number of benzene rings is 2. The molecule has 0 bridgehead atoms. The van der Waals surface area contributed by atoms with E-state index in [1.807, 2.05) is 0 Å². The number of carbonyl (C=O) groups is 1. The molecular weight excluding hydrogens is 434 g/mol. The fourth-order valence-corrected chi connectivity index (χ4v) is 6.25. The van der Waals surface area contributed by atoms with E-state index in [4.69, 9.17) is 0 Å². The number of hydrogen-bond acceptors (Lipinski definition) is 5. The summed E-state index contributed by atoms with van der Waals surface area (Å²) in [6.45, 7) is 0. The highest BCUT2D eigenvalue weighted by Gasteiger charge is 2.56. The second-order valence-corrected chi connectivity index (χ2v) is 10.2. The quantitative estimate of drug-likeness (QED) is 0.611. The maximum absolute atomic E-state index is 13.6. The maximum Gasteiger partial charge on any atom is 0.488 e. The van der Waals surface area contributed by atoms with Crippen LogP contribution in [0.1, 0.15) is 29.5 Å². The third-order valence-electron chi connectivity index (χ3n) is 6.22. The van der Waals surface area contributed by atoms with Crippen LogP contribution >= 0.6 is 0 Å². The SMILES string of the molecule is O=C1Nc2c(C(F)(F)F)cccc2[C@@]1(c1ccc(B(O)O)cc1)C1CCS(=O)(=O)CC1. The summed E-state index contributed by atoms with van der Waals surface area (Å²) in [6, 6.07) is 9.33. The molecule has 164 valence electrons. The van der Waals surface area contributed by atoms with Gasteiger partial charge in [0.1, 0.15) is 15.3 Å². The number of rotatable bonds is 3. The fourth-order valence-electron chi connectivity index (χ4n) is 4.76. The molecule has 0 aromatic heterocycles. The third-order valence-corrected chi connectivity index (χ3v) is 7.94. The van der Waals surface area contributed by atoms with Crippen LogP contribution in [0.4, 0.5) is 18.9 Å². The Bertz CT molecular complexity index is 1120. The van der Waals surface area contributed by atoms with Crippen LogP contribution in [-0.2, 0) is 26.2 Å². The number of carbonyl (C=O) groups excluding carboxylic acids is 1. The lowest BCUT2D eigenvalue weighted by atomic mass is 9.63. The van der Waals surface area contributed by atoms with Gasteiger partial charge in [0.15, 0.2) is 0 Å². The number of amides is 1. The minimum absolute atomic E-state index is 0.121. The summed E-state index contributed by atoms with van der Waals surface area (Å²) >= 11 is 0. The number of halogens is 3. The summed E-state index contributed by atoms with van der Waals surface area (Å²) in [5, 5.41) is 21.2. The van der Waals surface area contributed by atoms with Gasteiger partial charge in [0.2, 0.25) is 5.91 Å². The molecule has 2 aromatic rings. The second kappa shape index (κ2) is 7.35. The molecule has 1 saturated heterocycles. The van der Waals surface area contributed by atoms with Crippen LogP contribution in [0.3, 0.4) is 0 Å². The molecule has 31 heavy (non-hydrogen) atoms. The van der Waals surface area contributed by atoms with Crippen molar-refractivity contribution < 1.29 is 36.4 Å². The largest absolute Gasteiger partial charge is 0.488 e. The van der Waals surface area contributed by atoms with Crippen molar-refractivity contribution in [2.45, 2.75) is 24.4 Å². The van der Waals surface area contributed by atoms with E-state index in [1.165, 1.54) is 36.4 Å². The van der Waals surface area contributed by atoms with Gasteiger partial charge in [-0.15, -0.1) is 0 Å². The van der Waals surface area contributed by atoms with Crippen molar-refractivity contribution in [1.29, 1.82) is 0 Å². The predicted molar refractivity (Wildman–Crippen MR) is 108 cm³/mol. The standard InChI is InChI=1S/C20H19BF3NO5S/c22-20(23,24)16-3-1-2-15-17(16)25-18(26)19(15,13-8-10-31(29,30)11-9-13)12-4-6-14(7-5-12)21(27)28/h1-7,13,27-28H,8-11H2,(H,25,26)/t19-/m1/s1. The molecule has 0 spiro atoms. The van der Waals surface area contributed by atoms with E-state index >= 15 is 0 Å². The van der Waals surface area contributed by atoms with Gasteiger partial charge in [0.05, 0.1) is 22.8 Å². The van der Waals surface area contributed by atoms with Gasteiger partial charge >= 0.3 is 13.3 Å². The van der Waals surface area contributed by atoms with E-state index in [2.05, 4.69) is 5.32 Å². The smallest absolute Gasteiger partial charge is 0.423 e. The van der Waals surface area contributed by atoms with Crippen molar-refractivity contribution in [3.8, 4) is 0 Å². The predicted octanol–water partition coefficient (Wildman–Crippen LogP) is 1.45. The lowest BCUT2D eigenvalue weighted by Crippen LogP contribution is -2.46. The van der Waals surface area contributed by atoms with Crippen LogP contribution in [0.15, 0.2) is 42.5 Å². The molecular formula is C20H19BF3NO5S. The van der Waals surface area contributed by atoms with Gasteiger partial charge in [-0.1, -0.05) is 36.4 Å². The molecule has 0 unspecified atom stereocenters. The normalized spacial score (nSPS) is 23.3. The van der Waals surface area contributed by atoms with Gasteiger partial charge in [0.25, 0.3) is 0 Å². The Morgan fingerprint density at radius 1 is 1.03 bits per heavy atom. The molecule has 0 radical (unpaired) electrons. The first kappa shape index (κ1) is 21.9. The Morgan fingerprint density at radius 2 is 1.65 bits per heavy atom. The summed E-state index contributed by atoms with van der Waals surface area (Å²) in [7, 11) is -5.02. The molecule has 3 N–H and O–H groups in total. The molecule has 2 aliphatic heterocycles. The van der Waals surface area contributed by atoms with Gasteiger partial charge in [0, 0.05) is 0 Å². The molecule has 11 heteroatoms. The van der Waals surface area contributed by atoms with Crippen LogP contribution in [0.5, 0.6) is 0 Å². The van der Waals surface area contributed by atoms with E-state index in [-0.39, 0.29) is 41.1 Å². The first-order valence-corrected chi connectivity index (χ1v) is 11.5. The number of nitrogens with one attached hydrogen (secondary N) is 1. The van der Waals surface area contributed by atoms with Crippen molar-refractivity contribution in [2.24, 2.45) is 5.92 Å². The summed E-state index contributed by atoms with van der Waals surface area (Å²) in [4.78, 5) is 13.4. The molecule has 2 aliphatic rings. The van der Waals surface area contributed by atoms with E-state index in [0.717, 1.165) is 6.07 Å². The van der Waals surface area contributed by atoms with Gasteiger partial charge < -0.3 is 15.4 Å². The van der Waals surface area contributed by atoms with Crippen molar-refractivity contribution in [3.63, 3.8) is 0 Å². The zero-order valence-corrected chi connectivity index (χ0v) is 17.0. The van der Waals surface area contributed by atoms with Gasteiger partial charge in [-0.05, 0) is 41.4 Å². The first-order valence-electron chi connectivity index (χ1n) is 9.66. The maximum atomic E-state index is 13.6. The molecule has 0 aliphatic carbocycles. The average molecular weight is 453 g/mol. The highest BCUT2D eigenvalue weighted by atomic mass is 32.2. The van der Waals surface area contributed by atoms with E-state index in [1.54, 1.807) is 0 Å². The minimum atomic E-state index is -4.69. The van der Waals surface area contributed by atoms with E-state index in [9.17, 15) is 36.4 Å². The summed E-state index contributed by atoms with van der Waals surface area (Å²) in [5.41, 5.74) is -2.13. The Hall–Kier alpha value is -2.37. The number of sulfone groups is 1. The minimum Gasteiger partial charge on any atom is -0.423 e. The molecule has 0 saturated carbocycles. The number of para-hydroxylation sites is 1. The Kier molecular flexibility index (Phi) is 5.18. The lowest BCUT2D eigenvalue weighted by molar-refractivity contribution is -0.136. The first-order chi connectivity index (χ1) is 14.5. The average Bonchev–Trinajstić information content (AvgIpc) is 3.00. The summed E-state index contributed by atoms with van der Waals surface area (Å²) < 4.78 is 64.8. The van der Waals surface area contributed by atoms with Crippen molar-refractivity contribution >= 4 is 34.0 Å². The highest BCUT2D eigenvalue weighted by molar-refractivity contribution is 7.91. The van der Waals surface area contributed by atoms with Crippen LogP contribution < -0.4 is 10.8 Å². The highest BCUT2D eigenvalue weighted by Crippen LogP contribution is 2.53. The second-order valence-electron chi connectivity index (χ2n) is 7.91. The number of hydrogen-bond donors (Lipinski definition) is 3. The lowest BCUT2D eigenvalue weighted by Gasteiger charge is -2.39. The topological polar surface area (TPSA) is 104 Å². The van der Waals surface area contributed by atoms with Crippen LogP contribution in [0.2, 0.25) is 0 Å². The van der Waals surface area contributed by atoms with Crippen molar-refractivity contribution in [1.82, 2.24) is 0 Å². The van der Waals surface area contributed by atoms with E-state index < -0.39 is 45.9 Å². The van der Waals surface area contributed by atoms with Gasteiger partial charge in [-0.25, -0.2) is 8.42 Å². The number of fused-ring (bicyclic) bond motifs is 1.